The first kappa shape index (κ1) is 36.6. The SMILES string of the molecule is CC1(C)C2CN(C(=O)[C@@H](NC(=O)NC3(CS(=O)(=O)C(C)(C)C)CCCCC3)C3CCCCC3)C(C(=O)NC(CC3CC3)C(=O)C(N)=O)C21. The summed E-state index contributed by atoms with van der Waals surface area (Å²) in [7, 11) is -3.55. The largest absolute Gasteiger partial charge is 0.363 e. The van der Waals surface area contributed by atoms with E-state index in [-0.39, 0.29) is 40.7 Å². The molecule has 0 radical (unpaired) electrons. The molecule has 4 saturated carbocycles. The molecule has 0 aromatic carbocycles. The van der Waals surface area contributed by atoms with Crippen molar-refractivity contribution < 1.29 is 32.4 Å². The number of rotatable bonds is 12. The van der Waals surface area contributed by atoms with Crippen LogP contribution in [0.3, 0.4) is 0 Å². The minimum absolute atomic E-state index is 0.0832. The van der Waals surface area contributed by atoms with E-state index >= 15 is 0 Å². The van der Waals surface area contributed by atoms with Crippen LogP contribution in [0.4, 0.5) is 4.79 Å². The molecule has 0 aromatic rings. The monoisotopic (exact) mass is 691 g/mol. The van der Waals surface area contributed by atoms with E-state index < -0.39 is 61.9 Å². The van der Waals surface area contributed by atoms with Crippen molar-refractivity contribution in [3.05, 3.63) is 0 Å². The highest BCUT2D eigenvalue weighted by Gasteiger charge is 2.70. The Morgan fingerprint density at radius 2 is 1.50 bits per heavy atom. The molecule has 1 saturated heterocycles. The number of nitrogens with one attached hydrogen (secondary N) is 3. The summed E-state index contributed by atoms with van der Waals surface area (Å²) in [5.74, 6) is -2.83. The Labute approximate surface area is 285 Å². The number of urea groups is 1. The van der Waals surface area contributed by atoms with Gasteiger partial charge in [0.15, 0.2) is 9.84 Å². The first-order valence-corrected chi connectivity index (χ1v) is 19.8. The first-order chi connectivity index (χ1) is 22.4. The summed E-state index contributed by atoms with van der Waals surface area (Å²) < 4.78 is 25.7. The van der Waals surface area contributed by atoms with Gasteiger partial charge in [0.25, 0.3) is 5.91 Å². The van der Waals surface area contributed by atoms with Crippen molar-refractivity contribution in [1.82, 2.24) is 20.9 Å². The molecule has 5 rings (SSSR count). The lowest BCUT2D eigenvalue weighted by Gasteiger charge is -2.41. The average Bonchev–Trinajstić information content (AvgIpc) is 3.86. The summed E-state index contributed by atoms with van der Waals surface area (Å²) in [5, 5.41) is 8.85. The molecule has 5 N–H and O–H groups in total. The van der Waals surface area contributed by atoms with E-state index in [0.29, 0.717) is 25.8 Å². The number of sulfone groups is 1. The molecule has 5 amide bonds. The zero-order chi connectivity index (χ0) is 35.2. The number of piperidine rings is 1. The molecule has 5 atom stereocenters. The molecule has 1 heterocycles. The van der Waals surface area contributed by atoms with Gasteiger partial charge in [-0.15, -0.1) is 0 Å². The molecule has 0 aromatic heterocycles. The zero-order valence-electron chi connectivity index (χ0n) is 29.4. The molecular formula is C35H57N5O7S. The molecule has 270 valence electrons. The number of hydrogen-bond acceptors (Lipinski definition) is 7. The minimum atomic E-state index is -3.55. The highest BCUT2D eigenvalue weighted by molar-refractivity contribution is 7.92. The molecule has 4 aliphatic carbocycles. The smallest absolute Gasteiger partial charge is 0.315 e. The lowest BCUT2D eigenvalue weighted by molar-refractivity contribution is -0.144. The van der Waals surface area contributed by atoms with Crippen LogP contribution >= 0.6 is 0 Å². The van der Waals surface area contributed by atoms with Gasteiger partial charge in [0.2, 0.25) is 17.6 Å². The van der Waals surface area contributed by atoms with Gasteiger partial charge in [-0.1, -0.05) is 65.2 Å². The van der Waals surface area contributed by atoms with Crippen molar-refractivity contribution in [3.63, 3.8) is 0 Å². The van der Waals surface area contributed by atoms with E-state index in [1.807, 2.05) is 0 Å². The highest BCUT2D eigenvalue weighted by atomic mass is 32.2. The fourth-order valence-corrected chi connectivity index (χ4v) is 10.2. The third-order valence-electron chi connectivity index (χ3n) is 12.2. The second-order valence-electron chi connectivity index (χ2n) is 17.0. The van der Waals surface area contributed by atoms with Gasteiger partial charge < -0.3 is 26.6 Å². The number of carbonyl (C=O) groups is 5. The predicted octanol–water partition coefficient (Wildman–Crippen LogP) is 2.97. The van der Waals surface area contributed by atoms with Crippen LogP contribution in [0.1, 0.15) is 118 Å². The summed E-state index contributed by atoms with van der Waals surface area (Å²) >= 11 is 0. The standard InChI is InChI=1S/C35H57N5O7S/c1-33(2,3)48(46,47)20-35(16-10-7-11-17-35)39-32(45)38-26(22-12-8-6-9-13-22)31(44)40-19-23-25(34(23,4)5)27(40)30(43)37-24(18-21-14-15-21)28(41)29(36)42/h21-27H,6-20H2,1-5H3,(H2,36,42)(H,37,43)(H2,38,39,45)/t23?,24?,25?,26-,27?/m0/s1. The molecule has 1 aliphatic heterocycles. The van der Waals surface area contributed by atoms with Crippen LogP contribution in [0.5, 0.6) is 0 Å². The van der Waals surface area contributed by atoms with Crippen LogP contribution < -0.4 is 21.7 Å². The number of nitrogens with two attached hydrogens (primary N) is 1. The van der Waals surface area contributed by atoms with E-state index in [0.717, 1.165) is 64.2 Å². The normalized spacial score (nSPS) is 28.0. The number of hydrogen-bond donors (Lipinski definition) is 4. The van der Waals surface area contributed by atoms with Crippen molar-refractivity contribution in [1.29, 1.82) is 0 Å². The fraction of sp³-hybridized carbons (Fsp3) is 0.857. The van der Waals surface area contributed by atoms with Crippen LogP contribution in [0.2, 0.25) is 0 Å². The maximum atomic E-state index is 14.6. The Balaban J connectivity index is 1.37. The van der Waals surface area contributed by atoms with E-state index in [9.17, 15) is 32.4 Å². The molecule has 5 aliphatic rings. The van der Waals surface area contributed by atoms with Crippen molar-refractivity contribution in [2.75, 3.05) is 12.3 Å². The number of ketones is 1. The second-order valence-corrected chi connectivity index (χ2v) is 19.8. The third-order valence-corrected chi connectivity index (χ3v) is 15.0. The fourth-order valence-electron chi connectivity index (χ4n) is 8.72. The van der Waals surface area contributed by atoms with Crippen molar-refractivity contribution in [2.45, 2.75) is 147 Å². The molecule has 0 spiro atoms. The van der Waals surface area contributed by atoms with Gasteiger partial charge >= 0.3 is 6.03 Å². The third kappa shape index (κ3) is 7.70. The molecule has 5 fully saturated rings. The molecule has 0 bridgehead atoms. The first-order valence-electron chi connectivity index (χ1n) is 18.1. The lowest BCUT2D eigenvalue weighted by atomic mass is 9.82. The Kier molecular flexibility index (Phi) is 10.3. The summed E-state index contributed by atoms with van der Waals surface area (Å²) in [4.78, 5) is 68.6. The summed E-state index contributed by atoms with van der Waals surface area (Å²) in [6, 6.07) is -3.34. The second kappa shape index (κ2) is 13.5. The number of primary amides is 1. The van der Waals surface area contributed by atoms with E-state index in [2.05, 4.69) is 29.8 Å². The summed E-state index contributed by atoms with van der Waals surface area (Å²) in [5.41, 5.74) is 4.22. The van der Waals surface area contributed by atoms with Crippen LogP contribution in [-0.2, 0) is 29.0 Å². The molecular weight excluding hydrogens is 634 g/mol. The molecule has 12 nitrogen and oxygen atoms in total. The summed E-state index contributed by atoms with van der Waals surface area (Å²) in [6.45, 7) is 9.50. The van der Waals surface area contributed by atoms with Crippen molar-refractivity contribution >= 4 is 39.4 Å². The van der Waals surface area contributed by atoms with E-state index in [4.69, 9.17) is 5.73 Å². The number of amides is 5. The Bertz CT molecular complexity index is 1390. The topological polar surface area (TPSA) is 185 Å². The zero-order valence-corrected chi connectivity index (χ0v) is 30.3. The van der Waals surface area contributed by atoms with Gasteiger partial charge in [0, 0.05) is 6.54 Å². The molecule has 13 heteroatoms. The molecule has 48 heavy (non-hydrogen) atoms. The molecule has 4 unspecified atom stereocenters. The lowest BCUT2D eigenvalue weighted by Crippen LogP contribution is -2.63. The van der Waals surface area contributed by atoms with Gasteiger partial charge in [-0.25, -0.2) is 13.2 Å². The number of likely N-dealkylation sites (tertiary alicyclic amines) is 1. The number of nitrogens with zero attached hydrogens (tertiary/aromatic N) is 1. The van der Waals surface area contributed by atoms with Crippen LogP contribution in [0.15, 0.2) is 0 Å². The Hall–Kier alpha value is -2.70. The quantitative estimate of drug-likeness (QED) is 0.227. The highest BCUT2D eigenvalue weighted by Crippen LogP contribution is 2.65. The average molecular weight is 692 g/mol. The van der Waals surface area contributed by atoms with Crippen LogP contribution in [0.25, 0.3) is 0 Å². The van der Waals surface area contributed by atoms with Gasteiger partial charge in [0.1, 0.15) is 12.1 Å². The van der Waals surface area contributed by atoms with Crippen molar-refractivity contribution in [3.8, 4) is 0 Å². The maximum absolute atomic E-state index is 14.6. The Morgan fingerprint density at radius 3 is 2.06 bits per heavy atom. The predicted molar refractivity (Wildman–Crippen MR) is 181 cm³/mol. The van der Waals surface area contributed by atoms with Crippen molar-refractivity contribution in [2.24, 2.45) is 34.8 Å². The van der Waals surface area contributed by atoms with Gasteiger partial charge in [-0.3, -0.25) is 19.2 Å². The van der Waals surface area contributed by atoms with E-state index in [1.54, 1.807) is 25.7 Å². The maximum Gasteiger partial charge on any atom is 0.315 e. The van der Waals surface area contributed by atoms with Crippen LogP contribution in [0, 0.1) is 29.1 Å². The van der Waals surface area contributed by atoms with E-state index in [1.165, 1.54) is 0 Å². The Morgan fingerprint density at radius 1 is 0.896 bits per heavy atom. The summed E-state index contributed by atoms with van der Waals surface area (Å²) in [6.07, 6.45) is 10.2. The number of fused-ring (bicyclic) bond motifs is 1. The van der Waals surface area contributed by atoms with Gasteiger partial charge in [-0.05, 0) is 82.0 Å². The van der Waals surface area contributed by atoms with Gasteiger partial charge in [-0.2, -0.15) is 0 Å². The van der Waals surface area contributed by atoms with Crippen LogP contribution in [-0.4, -0.2) is 83.6 Å². The van der Waals surface area contributed by atoms with Gasteiger partial charge in [0.05, 0.1) is 22.1 Å². The number of carbonyl (C=O) groups excluding carboxylic acids is 5. The minimum Gasteiger partial charge on any atom is -0.363 e. The number of Topliss-reactive ketones (excluding diaryl/α,β-unsaturated/α-hetero) is 1.